The summed E-state index contributed by atoms with van der Waals surface area (Å²) in [5.74, 6) is 0.868. The summed E-state index contributed by atoms with van der Waals surface area (Å²) in [4.78, 5) is 0. The smallest absolute Gasteiger partial charge is 0.174 e. The van der Waals surface area contributed by atoms with E-state index in [1.807, 2.05) is 18.2 Å². The summed E-state index contributed by atoms with van der Waals surface area (Å²) in [6, 6.07) is 5.98. The van der Waals surface area contributed by atoms with Crippen molar-refractivity contribution in [2.24, 2.45) is 0 Å². The van der Waals surface area contributed by atoms with E-state index < -0.39 is 0 Å². The number of rotatable bonds is 1. The summed E-state index contributed by atoms with van der Waals surface area (Å²) in [6.45, 7) is 0. The van der Waals surface area contributed by atoms with Crippen LogP contribution in [-0.2, 0) is 0 Å². The number of benzene rings is 1. The van der Waals surface area contributed by atoms with Crippen LogP contribution in [-0.4, -0.2) is 5.16 Å². The van der Waals surface area contributed by atoms with Gasteiger partial charge in [0.1, 0.15) is 5.52 Å². The first-order chi connectivity index (χ1) is 7.84. The van der Waals surface area contributed by atoms with Gasteiger partial charge in [0.2, 0.25) is 0 Å². The van der Waals surface area contributed by atoms with Crippen LogP contribution in [0.1, 0.15) is 18.6 Å². The van der Waals surface area contributed by atoms with Crippen molar-refractivity contribution in [2.75, 3.05) is 0 Å². The molecule has 1 aromatic carbocycles. The molecule has 16 heavy (non-hydrogen) atoms. The zero-order valence-corrected chi connectivity index (χ0v) is 10.2. The van der Waals surface area contributed by atoms with Crippen LogP contribution >= 0.6 is 15.9 Å². The fourth-order valence-electron chi connectivity index (χ4n) is 1.90. The summed E-state index contributed by atoms with van der Waals surface area (Å²) in [7, 11) is 0. The maximum Gasteiger partial charge on any atom is 0.174 e. The number of fused-ring (bicyclic) bond motifs is 1. The second-order valence-corrected chi connectivity index (χ2v) is 4.73. The van der Waals surface area contributed by atoms with Crippen molar-refractivity contribution in [2.45, 2.75) is 12.8 Å². The Labute approximate surface area is 102 Å². The third-order valence-electron chi connectivity index (χ3n) is 2.70. The van der Waals surface area contributed by atoms with Gasteiger partial charge in [-0.1, -0.05) is 39.3 Å². The first-order valence-corrected chi connectivity index (χ1v) is 6.06. The summed E-state index contributed by atoms with van der Waals surface area (Å²) in [5.41, 5.74) is 2.03. The van der Waals surface area contributed by atoms with E-state index in [1.165, 1.54) is 0 Å². The highest BCUT2D eigenvalue weighted by Gasteiger charge is 2.12. The highest BCUT2D eigenvalue weighted by atomic mass is 79.9. The van der Waals surface area contributed by atoms with Crippen LogP contribution in [0.15, 0.2) is 45.4 Å². The van der Waals surface area contributed by atoms with E-state index in [0.717, 1.165) is 39.6 Å². The van der Waals surface area contributed by atoms with Gasteiger partial charge in [0.25, 0.3) is 0 Å². The van der Waals surface area contributed by atoms with E-state index in [4.69, 9.17) is 4.52 Å². The maximum atomic E-state index is 5.42. The minimum atomic E-state index is 0.868. The van der Waals surface area contributed by atoms with E-state index in [-0.39, 0.29) is 0 Å². The van der Waals surface area contributed by atoms with Crippen LogP contribution in [0.2, 0.25) is 0 Å². The Bertz CT molecular complexity index is 595. The monoisotopic (exact) mass is 275 g/mol. The molecule has 2 aromatic rings. The SMILES string of the molecule is Brc1ccc2noc(C3=CCCC=C3)c2c1. The molecule has 0 unspecified atom stereocenters. The Kier molecular flexibility index (Phi) is 2.40. The quantitative estimate of drug-likeness (QED) is 0.775. The van der Waals surface area contributed by atoms with E-state index in [2.05, 4.69) is 39.3 Å². The molecule has 0 saturated heterocycles. The number of hydrogen-bond donors (Lipinski definition) is 0. The first kappa shape index (κ1) is 9.85. The predicted octanol–water partition coefficient (Wildman–Crippen LogP) is 4.32. The summed E-state index contributed by atoms with van der Waals surface area (Å²) >= 11 is 3.47. The normalized spacial score (nSPS) is 15.4. The molecule has 0 amide bonds. The molecule has 1 aliphatic rings. The standard InChI is InChI=1S/C13H10BrNO/c14-10-6-7-12-11(8-10)13(16-15-12)9-4-2-1-3-5-9/h2,4-8H,1,3H2. The summed E-state index contributed by atoms with van der Waals surface area (Å²) < 4.78 is 6.47. The topological polar surface area (TPSA) is 26.0 Å². The molecule has 0 aliphatic heterocycles. The lowest BCUT2D eigenvalue weighted by Crippen LogP contribution is -1.83. The zero-order chi connectivity index (χ0) is 11.0. The molecular weight excluding hydrogens is 266 g/mol. The minimum Gasteiger partial charge on any atom is -0.355 e. The van der Waals surface area contributed by atoms with E-state index in [0.29, 0.717) is 0 Å². The molecule has 2 nitrogen and oxygen atoms in total. The van der Waals surface area contributed by atoms with Gasteiger partial charge in [-0.3, -0.25) is 0 Å². The van der Waals surface area contributed by atoms with Crippen LogP contribution in [0.4, 0.5) is 0 Å². The molecule has 3 heteroatoms. The van der Waals surface area contributed by atoms with Gasteiger partial charge in [-0.15, -0.1) is 0 Å². The van der Waals surface area contributed by atoms with Crippen LogP contribution in [0.5, 0.6) is 0 Å². The van der Waals surface area contributed by atoms with E-state index in [9.17, 15) is 0 Å². The number of hydrogen-bond acceptors (Lipinski definition) is 2. The molecule has 0 spiro atoms. The fraction of sp³-hybridized carbons (Fsp3) is 0.154. The van der Waals surface area contributed by atoms with Crippen LogP contribution in [0.3, 0.4) is 0 Å². The summed E-state index contributed by atoms with van der Waals surface area (Å²) in [6.07, 6.45) is 8.65. The molecule has 0 N–H and O–H groups in total. The molecule has 1 aromatic heterocycles. The number of allylic oxidation sites excluding steroid dienone is 4. The predicted molar refractivity (Wildman–Crippen MR) is 68.1 cm³/mol. The second kappa shape index (κ2) is 3.91. The minimum absolute atomic E-state index is 0.868. The Hall–Kier alpha value is -1.35. The summed E-state index contributed by atoms with van der Waals surface area (Å²) in [5, 5.41) is 5.13. The second-order valence-electron chi connectivity index (χ2n) is 3.81. The van der Waals surface area contributed by atoms with Gasteiger partial charge in [0.05, 0.1) is 5.39 Å². The molecule has 1 heterocycles. The molecular formula is C13H10BrNO. The molecule has 0 bridgehead atoms. The van der Waals surface area contributed by atoms with Gasteiger partial charge in [0, 0.05) is 10.0 Å². The van der Waals surface area contributed by atoms with Crippen LogP contribution in [0, 0.1) is 0 Å². The fourth-order valence-corrected chi connectivity index (χ4v) is 2.26. The van der Waals surface area contributed by atoms with Crippen molar-refractivity contribution in [3.05, 3.63) is 46.7 Å². The molecule has 0 atom stereocenters. The third kappa shape index (κ3) is 1.61. The number of aromatic nitrogens is 1. The largest absolute Gasteiger partial charge is 0.355 e. The van der Waals surface area contributed by atoms with E-state index in [1.54, 1.807) is 0 Å². The molecule has 80 valence electrons. The van der Waals surface area contributed by atoms with Gasteiger partial charge in [-0.2, -0.15) is 0 Å². The Morgan fingerprint density at radius 3 is 3.00 bits per heavy atom. The zero-order valence-electron chi connectivity index (χ0n) is 8.61. The Morgan fingerprint density at radius 1 is 1.25 bits per heavy atom. The van der Waals surface area contributed by atoms with Gasteiger partial charge in [-0.05, 0) is 31.0 Å². The lowest BCUT2D eigenvalue weighted by molar-refractivity contribution is 0.419. The van der Waals surface area contributed by atoms with Crippen LogP contribution in [0.25, 0.3) is 16.5 Å². The lowest BCUT2D eigenvalue weighted by atomic mass is 10.0. The molecule has 0 fully saturated rings. The van der Waals surface area contributed by atoms with Crippen molar-refractivity contribution < 1.29 is 4.52 Å². The Balaban J connectivity index is 2.20. The van der Waals surface area contributed by atoms with Gasteiger partial charge < -0.3 is 4.52 Å². The van der Waals surface area contributed by atoms with Crippen molar-refractivity contribution in [3.63, 3.8) is 0 Å². The molecule has 0 saturated carbocycles. The number of nitrogens with zero attached hydrogens (tertiary/aromatic N) is 1. The van der Waals surface area contributed by atoms with Crippen molar-refractivity contribution in [1.29, 1.82) is 0 Å². The highest BCUT2D eigenvalue weighted by Crippen LogP contribution is 2.30. The van der Waals surface area contributed by atoms with Gasteiger partial charge in [-0.25, -0.2) is 0 Å². The lowest BCUT2D eigenvalue weighted by Gasteiger charge is -2.02. The molecule has 3 rings (SSSR count). The average molecular weight is 276 g/mol. The van der Waals surface area contributed by atoms with Gasteiger partial charge in [0.15, 0.2) is 5.76 Å². The van der Waals surface area contributed by atoms with Crippen LogP contribution < -0.4 is 0 Å². The van der Waals surface area contributed by atoms with Crippen molar-refractivity contribution in [1.82, 2.24) is 5.16 Å². The number of halogens is 1. The Morgan fingerprint density at radius 2 is 2.19 bits per heavy atom. The maximum absolute atomic E-state index is 5.42. The van der Waals surface area contributed by atoms with Crippen molar-refractivity contribution in [3.8, 4) is 0 Å². The van der Waals surface area contributed by atoms with Crippen molar-refractivity contribution >= 4 is 32.4 Å². The molecule has 1 aliphatic carbocycles. The average Bonchev–Trinajstić information content (AvgIpc) is 2.73. The third-order valence-corrected chi connectivity index (χ3v) is 3.19. The van der Waals surface area contributed by atoms with E-state index >= 15 is 0 Å². The highest BCUT2D eigenvalue weighted by molar-refractivity contribution is 9.10. The molecule has 0 radical (unpaired) electrons. The van der Waals surface area contributed by atoms with Gasteiger partial charge >= 0.3 is 0 Å². The first-order valence-electron chi connectivity index (χ1n) is 5.26.